The predicted octanol–water partition coefficient (Wildman–Crippen LogP) is 9.64. The molecule has 6 aliphatic heterocycles. The van der Waals surface area contributed by atoms with Crippen LogP contribution in [0.3, 0.4) is 0 Å². The molecule has 266 valence electrons. The summed E-state index contributed by atoms with van der Waals surface area (Å²) < 4.78 is 9.37. The first-order valence-electron chi connectivity index (χ1n) is 17.2. The van der Waals surface area contributed by atoms with Crippen LogP contribution in [-0.2, 0) is 5.91 Å². The Hall–Kier alpha value is -5.76. The van der Waals surface area contributed by atoms with Gasteiger partial charge in [0.05, 0.1) is 27.6 Å². The Labute approximate surface area is 307 Å². The molecule has 1 spiro atoms. The van der Waals surface area contributed by atoms with Gasteiger partial charge in [-0.05, 0) is 55.0 Å². The van der Waals surface area contributed by atoms with Crippen molar-refractivity contribution in [3.63, 3.8) is 0 Å². The molecule has 0 saturated heterocycles. The number of aromatic nitrogens is 2. The highest BCUT2D eigenvalue weighted by molar-refractivity contribution is 6.20. The smallest absolute Gasteiger partial charge is 0.192 e. The van der Waals surface area contributed by atoms with Crippen LogP contribution in [0, 0.1) is 6.92 Å². The maximum Gasteiger partial charge on any atom is 0.404 e. The lowest BCUT2D eigenvalue weighted by Crippen LogP contribution is -2.71. The average Bonchev–Trinajstić information content (AvgIpc) is 3.87. The van der Waals surface area contributed by atoms with E-state index in [0.717, 1.165) is 89.8 Å². The van der Waals surface area contributed by atoms with Gasteiger partial charge in [0.25, 0.3) is 23.3 Å². The van der Waals surface area contributed by atoms with Crippen LogP contribution in [0.2, 0.25) is 0 Å². The summed E-state index contributed by atoms with van der Waals surface area (Å²) in [5.41, 5.74) is 7.32. The maximum atomic E-state index is 5.48. The molecule has 0 unspecified atom stereocenters. The topological polar surface area (TPSA) is 65.3 Å². The van der Waals surface area contributed by atoms with E-state index >= 15 is 0 Å². The number of aryl methyl sites for hydroxylation is 1. The lowest BCUT2D eigenvalue weighted by atomic mass is 10.1. The molecule has 0 amide bonds. The van der Waals surface area contributed by atoms with Crippen molar-refractivity contribution in [2.75, 3.05) is 0 Å². The van der Waals surface area contributed by atoms with E-state index in [4.69, 9.17) is 20.0 Å². The van der Waals surface area contributed by atoms with Crippen molar-refractivity contribution in [3.8, 4) is 0 Å². The molecule has 1 atom stereocenters. The third-order valence-electron chi connectivity index (χ3n) is 9.71. The van der Waals surface area contributed by atoms with E-state index in [-0.39, 0.29) is 29.7 Å². The minimum Gasteiger partial charge on any atom is -0.192 e. The third kappa shape index (κ3) is 3.92. The van der Waals surface area contributed by atoms with Gasteiger partial charge < -0.3 is 0 Å². The van der Waals surface area contributed by atoms with Crippen molar-refractivity contribution < 1.29 is 9.15 Å². The van der Waals surface area contributed by atoms with E-state index in [2.05, 4.69) is 116 Å². The molecule has 8 heterocycles. The van der Waals surface area contributed by atoms with Gasteiger partial charge in [-0.15, -0.1) is 9.15 Å². The Morgan fingerprint density at radius 1 is 0.462 bits per heavy atom. The Bertz CT molecular complexity index is 2650. The summed E-state index contributed by atoms with van der Waals surface area (Å²) in [6.45, 7) is 14.2. The fourth-order valence-electron chi connectivity index (χ4n) is 8.14. The van der Waals surface area contributed by atoms with Gasteiger partial charge in [-0.2, -0.15) is 9.13 Å². The van der Waals surface area contributed by atoms with Crippen molar-refractivity contribution in [1.82, 2.24) is 9.13 Å². The Morgan fingerprint density at radius 2 is 0.885 bits per heavy atom. The first-order chi connectivity index (χ1) is 23.8. The lowest BCUT2D eigenvalue weighted by Gasteiger charge is -2.40. The molecule has 4 aromatic carbocycles. The van der Waals surface area contributed by atoms with Crippen LogP contribution in [0.25, 0.3) is 21.5 Å². The monoisotopic (exact) mass is 692 g/mol. The number of fused-ring (bicyclic) bond motifs is 12. The van der Waals surface area contributed by atoms with Crippen LogP contribution in [0.1, 0.15) is 99.1 Å². The number of hydrogen-bond donors (Lipinski definition) is 0. The molecule has 0 bridgehead atoms. The summed E-state index contributed by atoms with van der Waals surface area (Å²) in [5.74, 6) is 4.49. The van der Waals surface area contributed by atoms with Crippen molar-refractivity contribution in [1.29, 1.82) is 0 Å². The SMILES string of the molecule is C.C.C.C.CC.CC.CC.Cc1cccc2c3n4c(c12)N=C1c2ccccc2C2=[N+]1[C@@]41n4c(c5ccccc5c4=N2)=NC2=[N+]1C(=N3)c1ccccc12. The molecule has 6 aromatic rings. The predicted molar refractivity (Wildman–Crippen MR) is 219 cm³/mol. The summed E-state index contributed by atoms with van der Waals surface area (Å²) in [5, 5.41) is 4.40. The highest BCUT2D eigenvalue weighted by atomic mass is 15.7. The molecule has 2 aromatic heterocycles. The summed E-state index contributed by atoms with van der Waals surface area (Å²) in [7, 11) is 0. The van der Waals surface area contributed by atoms with Crippen LogP contribution in [0.5, 0.6) is 0 Å². The van der Waals surface area contributed by atoms with Crippen molar-refractivity contribution >= 4 is 56.5 Å². The van der Waals surface area contributed by atoms with Gasteiger partial charge in [0.1, 0.15) is 0 Å². The zero-order valence-corrected chi connectivity index (χ0v) is 28.2. The fourth-order valence-corrected chi connectivity index (χ4v) is 8.14. The van der Waals surface area contributed by atoms with Gasteiger partial charge in [0.2, 0.25) is 22.6 Å². The van der Waals surface area contributed by atoms with Crippen LogP contribution in [0.4, 0.5) is 11.6 Å². The summed E-state index contributed by atoms with van der Waals surface area (Å²) in [4.78, 5) is 21.8. The van der Waals surface area contributed by atoms with Gasteiger partial charge in [-0.1, -0.05) is 140 Å². The van der Waals surface area contributed by atoms with Crippen LogP contribution in [-0.4, -0.2) is 41.6 Å². The standard InChI is InChI=1S/C34H18N8.3C2H6.4CH4/c1-17-9-8-16-24-25(17)33-38-31-23-15-7-6-14-22(23)29-36-27-19-11-3-2-10-18(19)26-35-28-20-12-4-5-13-21(20)30-37-32(24)42(33)34(39(26)27,40(28)30)41(29)31;3*1-2;;;;/h2-16H,1H3;3*1-2H3;4*1H4/q+2;;;;;;;/t34-;;;;;;;/m0......./s1. The van der Waals surface area contributed by atoms with E-state index in [1.807, 2.05) is 41.5 Å². The van der Waals surface area contributed by atoms with Gasteiger partial charge in [-0.3, -0.25) is 0 Å². The average molecular weight is 693 g/mol. The molecule has 6 aliphatic rings. The summed E-state index contributed by atoms with van der Waals surface area (Å²) in [6, 6.07) is 32.0. The van der Waals surface area contributed by atoms with E-state index in [1.54, 1.807) is 0 Å². The number of hydrogen-bond acceptors (Lipinski definition) is 4. The van der Waals surface area contributed by atoms with Gasteiger partial charge in [0.15, 0.2) is 0 Å². The molecule has 0 aliphatic carbocycles. The molecular weight excluding hydrogens is 641 g/mol. The molecule has 52 heavy (non-hydrogen) atoms. The zero-order chi connectivity index (χ0) is 33.1. The second-order valence-electron chi connectivity index (χ2n) is 11.6. The van der Waals surface area contributed by atoms with E-state index in [0.29, 0.717) is 0 Å². The van der Waals surface area contributed by atoms with Crippen molar-refractivity contribution in [2.45, 2.75) is 84.1 Å². The summed E-state index contributed by atoms with van der Waals surface area (Å²) >= 11 is 0. The highest BCUT2D eigenvalue weighted by Crippen LogP contribution is 2.53. The van der Waals surface area contributed by atoms with Crippen LogP contribution >= 0.6 is 0 Å². The van der Waals surface area contributed by atoms with Gasteiger partial charge >= 0.3 is 5.91 Å². The second kappa shape index (κ2) is 13.1. The normalized spacial score (nSPS) is 17.0. The number of rotatable bonds is 0. The second-order valence-corrected chi connectivity index (χ2v) is 11.6. The van der Waals surface area contributed by atoms with Gasteiger partial charge in [-0.25, -0.2) is 0 Å². The molecule has 0 saturated carbocycles. The molecule has 0 radical (unpaired) electrons. The van der Waals surface area contributed by atoms with Gasteiger partial charge in [0, 0.05) is 16.2 Å². The molecule has 0 N–H and O–H groups in total. The number of amidine groups is 4. The Balaban J connectivity index is 0.000000500. The quantitative estimate of drug-likeness (QED) is 0.142. The minimum atomic E-state index is -0.930. The van der Waals surface area contributed by atoms with Crippen molar-refractivity contribution in [3.05, 3.63) is 130 Å². The summed E-state index contributed by atoms with van der Waals surface area (Å²) in [6.07, 6.45) is 0. The van der Waals surface area contributed by atoms with Crippen molar-refractivity contribution in [2.24, 2.45) is 20.0 Å². The van der Waals surface area contributed by atoms with E-state index in [1.165, 1.54) is 5.56 Å². The van der Waals surface area contributed by atoms with Crippen LogP contribution < -0.4 is 11.0 Å². The van der Waals surface area contributed by atoms with E-state index < -0.39 is 5.91 Å². The van der Waals surface area contributed by atoms with E-state index in [9.17, 15) is 0 Å². The first kappa shape index (κ1) is 37.5. The fraction of sp³-hybridized carbons (Fsp3) is 0.273. The molecule has 12 rings (SSSR count). The number of benzene rings is 4. The largest absolute Gasteiger partial charge is 0.404 e. The third-order valence-corrected chi connectivity index (χ3v) is 9.71. The lowest BCUT2D eigenvalue weighted by molar-refractivity contribution is -0.790. The molecule has 0 fully saturated rings. The van der Waals surface area contributed by atoms with Crippen LogP contribution in [0.15, 0.2) is 111 Å². The highest BCUT2D eigenvalue weighted by Gasteiger charge is 2.69. The molecule has 8 nitrogen and oxygen atoms in total. The molecule has 8 heteroatoms. The molecular formula is C44H52N8+2. The number of nitrogens with zero attached hydrogens (tertiary/aromatic N) is 8. The first-order valence-corrected chi connectivity index (χ1v) is 17.2. The zero-order valence-electron chi connectivity index (χ0n) is 28.2. The number of aliphatic imine (C=N–C) groups is 2. The maximum absolute atomic E-state index is 5.48. The Kier molecular flexibility index (Phi) is 9.44. The minimum absolute atomic E-state index is 0. The Morgan fingerprint density at radius 3 is 1.38 bits per heavy atom.